The minimum Gasteiger partial charge on any atom is -0.330 e. The minimum atomic E-state index is -4.36. The molecule has 0 unspecified atom stereocenters. The van der Waals surface area contributed by atoms with E-state index < -0.39 is 11.7 Å². The first-order chi connectivity index (χ1) is 7.52. The van der Waals surface area contributed by atoms with Crippen molar-refractivity contribution in [3.05, 3.63) is 29.7 Å². The average molecular weight is 230 g/mol. The second-order valence-electron chi connectivity index (χ2n) is 3.30. The van der Waals surface area contributed by atoms with Gasteiger partial charge < -0.3 is 5.73 Å². The highest BCUT2D eigenvalue weighted by molar-refractivity contribution is 5.40. The zero-order valence-electron chi connectivity index (χ0n) is 8.20. The molecule has 2 N–H and O–H groups in total. The fourth-order valence-electron chi connectivity index (χ4n) is 1.41. The van der Waals surface area contributed by atoms with E-state index in [-0.39, 0.29) is 0 Å². The summed E-state index contributed by atoms with van der Waals surface area (Å²) in [4.78, 5) is 0. The number of hydrogen-bond acceptors (Lipinski definition) is 3. The number of alkyl halides is 3. The number of hydrogen-bond donors (Lipinski definition) is 1. The van der Waals surface area contributed by atoms with E-state index in [4.69, 9.17) is 5.73 Å². The first-order valence-corrected chi connectivity index (χ1v) is 4.63. The summed E-state index contributed by atoms with van der Waals surface area (Å²) < 4.78 is 38.7. The number of rotatable bonds is 2. The molecule has 2 rings (SSSR count). The van der Waals surface area contributed by atoms with Crippen LogP contribution < -0.4 is 5.73 Å². The molecule has 2 aromatic rings. The van der Waals surface area contributed by atoms with Gasteiger partial charge in [0.1, 0.15) is 5.82 Å². The number of halogens is 3. The summed E-state index contributed by atoms with van der Waals surface area (Å²) in [6, 6.07) is 2.27. The molecule has 0 radical (unpaired) electrons. The summed E-state index contributed by atoms with van der Waals surface area (Å²) >= 11 is 0. The van der Waals surface area contributed by atoms with Crippen molar-refractivity contribution in [3.8, 4) is 0 Å². The smallest absolute Gasteiger partial charge is 0.330 e. The van der Waals surface area contributed by atoms with Crippen LogP contribution in [0.1, 0.15) is 11.4 Å². The lowest BCUT2D eigenvalue weighted by molar-refractivity contribution is -0.137. The van der Waals surface area contributed by atoms with Crippen LogP contribution in [-0.2, 0) is 12.6 Å². The van der Waals surface area contributed by atoms with Crippen molar-refractivity contribution in [2.75, 3.05) is 6.54 Å². The first kappa shape index (κ1) is 10.9. The Labute approximate surface area is 88.9 Å². The van der Waals surface area contributed by atoms with Crippen LogP contribution in [0.3, 0.4) is 0 Å². The number of fused-ring (bicyclic) bond motifs is 1. The van der Waals surface area contributed by atoms with Gasteiger partial charge >= 0.3 is 6.18 Å². The average Bonchev–Trinajstić information content (AvgIpc) is 2.60. The van der Waals surface area contributed by atoms with E-state index in [9.17, 15) is 13.2 Å². The second kappa shape index (κ2) is 3.75. The molecule has 0 aromatic carbocycles. The van der Waals surface area contributed by atoms with Gasteiger partial charge in [0.05, 0.1) is 5.56 Å². The molecule has 0 spiro atoms. The van der Waals surface area contributed by atoms with Gasteiger partial charge in [-0.25, -0.2) is 0 Å². The van der Waals surface area contributed by atoms with Crippen molar-refractivity contribution in [1.82, 2.24) is 14.6 Å². The van der Waals surface area contributed by atoms with Gasteiger partial charge in [0, 0.05) is 12.6 Å². The van der Waals surface area contributed by atoms with Crippen molar-refractivity contribution >= 4 is 5.65 Å². The Bertz CT molecular complexity index is 503. The molecular weight excluding hydrogens is 221 g/mol. The molecule has 0 amide bonds. The predicted molar refractivity (Wildman–Crippen MR) is 50.7 cm³/mol. The third-order valence-corrected chi connectivity index (χ3v) is 2.17. The van der Waals surface area contributed by atoms with Gasteiger partial charge in [-0.15, -0.1) is 10.2 Å². The Balaban J connectivity index is 2.54. The molecule has 0 aliphatic heterocycles. The summed E-state index contributed by atoms with van der Waals surface area (Å²) in [5.41, 5.74) is 4.99. The van der Waals surface area contributed by atoms with Gasteiger partial charge in [0.2, 0.25) is 0 Å². The number of pyridine rings is 1. The van der Waals surface area contributed by atoms with E-state index in [0.717, 1.165) is 12.3 Å². The van der Waals surface area contributed by atoms with Gasteiger partial charge in [0.25, 0.3) is 0 Å². The van der Waals surface area contributed by atoms with Gasteiger partial charge in [0.15, 0.2) is 5.65 Å². The fraction of sp³-hybridized carbons (Fsp3) is 0.333. The van der Waals surface area contributed by atoms with E-state index in [0.29, 0.717) is 24.4 Å². The van der Waals surface area contributed by atoms with E-state index in [1.165, 1.54) is 10.5 Å². The van der Waals surface area contributed by atoms with Crippen LogP contribution in [0, 0.1) is 0 Å². The molecule has 0 aliphatic carbocycles. The predicted octanol–water partition coefficient (Wildman–Crippen LogP) is 1.25. The molecule has 0 saturated heterocycles. The van der Waals surface area contributed by atoms with Crippen molar-refractivity contribution in [3.63, 3.8) is 0 Å². The first-order valence-electron chi connectivity index (χ1n) is 4.63. The van der Waals surface area contributed by atoms with Crippen LogP contribution in [-0.4, -0.2) is 21.1 Å². The van der Waals surface area contributed by atoms with Crippen LogP contribution in [0.5, 0.6) is 0 Å². The maximum absolute atomic E-state index is 12.5. The van der Waals surface area contributed by atoms with E-state index >= 15 is 0 Å². The quantitative estimate of drug-likeness (QED) is 0.844. The van der Waals surface area contributed by atoms with Gasteiger partial charge in [-0.3, -0.25) is 4.40 Å². The number of aromatic nitrogens is 3. The van der Waals surface area contributed by atoms with Gasteiger partial charge in [-0.05, 0) is 18.7 Å². The minimum absolute atomic E-state index is 0.317. The zero-order valence-corrected chi connectivity index (χ0v) is 8.20. The molecule has 0 atom stereocenters. The summed E-state index contributed by atoms with van der Waals surface area (Å²) in [6.07, 6.45) is -2.98. The Hall–Kier alpha value is -1.63. The van der Waals surface area contributed by atoms with Crippen LogP contribution >= 0.6 is 0 Å². The van der Waals surface area contributed by atoms with E-state index in [1.807, 2.05) is 0 Å². The van der Waals surface area contributed by atoms with E-state index in [1.54, 1.807) is 0 Å². The van der Waals surface area contributed by atoms with Crippen molar-refractivity contribution in [1.29, 1.82) is 0 Å². The zero-order chi connectivity index (χ0) is 11.8. The van der Waals surface area contributed by atoms with Crippen LogP contribution in [0.4, 0.5) is 13.2 Å². The molecular formula is C9H9F3N4. The van der Waals surface area contributed by atoms with Crippen LogP contribution in [0.15, 0.2) is 18.3 Å². The Morgan fingerprint density at radius 2 is 2.00 bits per heavy atom. The summed E-state index contributed by atoms with van der Waals surface area (Å²) in [7, 11) is 0. The topological polar surface area (TPSA) is 56.2 Å². The monoisotopic (exact) mass is 230 g/mol. The maximum atomic E-state index is 12.5. The molecule has 16 heavy (non-hydrogen) atoms. The van der Waals surface area contributed by atoms with Crippen LogP contribution in [0.2, 0.25) is 0 Å². The third kappa shape index (κ3) is 1.85. The highest BCUT2D eigenvalue weighted by atomic mass is 19.4. The highest BCUT2D eigenvalue weighted by Gasteiger charge is 2.31. The fourth-order valence-corrected chi connectivity index (χ4v) is 1.41. The molecule has 0 saturated carbocycles. The van der Waals surface area contributed by atoms with Crippen LogP contribution in [0.25, 0.3) is 5.65 Å². The lowest BCUT2D eigenvalue weighted by Crippen LogP contribution is -2.09. The molecule has 4 nitrogen and oxygen atoms in total. The molecule has 0 aliphatic rings. The summed E-state index contributed by atoms with van der Waals surface area (Å²) in [6.45, 7) is 0.317. The third-order valence-electron chi connectivity index (χ3n) is 2.17. The lowest BCUT2D eigenvalue weighted by atomic mass is 10.2. The molecule has 2 heterocycles. The lowest BCUT2D eigenvalue weighted by Gasteiger charge is -2.07. The normalized spacial score (nSPS) is 12.2. The SMILES string of the molecule is NCCc1nnc2ccc(C(F)(F)F)cn12. The highest BCUT2D eigenvalue weighted by Crippen LogP contribution is 2.29. The van der Waals surface area contributed by atoms with Crippen molar-refractivity contribution < 1.29 is 13.2 Å². The standard InChI is InChI=1S/C9H9F3N4/c10-9(11,12)6-1-2-7-14-15-8(3-4-13)16(7)5-6/h1-2,5H,3-4,13H2. The summed E-state index contributed by atoms with van der Waals surface area (Å²) in [5, 5.41) is 7.52. The number of nitrogens with two attached hydrogens (primary N) is 1. The molecule has 0 fully saturated rings. The van der Waals surface area contributed by atoms with Crippen molar-refractivity contribution in [2.24, 2.45) is 5.73 Å². The van der Waals surface area contributed by atoms with E-state index in [2.05, 4.69) is 10.2 Å². The maximum Gasteiger partial charge on any atom is 0.417 e. The van der Waals surface area contributed by atoms with Gasteiger partial charge in [-0.1, -0.05) is 0 Å². The Morgan fingerprint density at radius 3 is 2.62 bits per heavy atom. The molecule has 86 valence electrons. The molecule has 7 heteroatoms. The largest absolute Gasteiger partial charge is 0.417 e. The summed E-state index contributed by atoms with van der Waals surface area (Å²) in [5.74, 6) is 0.434. The second-order valence-corrected chi connectivity index (χ2v) is 3.30. The molecule has 2 aromatic heterocycles. The Morgan fingerprint density at radius 1 is 1.25 bits per heavy atom. The van der Waals surface area contributed by atoms with Gasteiger partial charge in [-0.2, -0.15) is 13.2 Å². The van der Waals surface area contributed by atoms with Crippen molar-refractivity contribution in [2.45, 2.75) is 12.6 Å². The Kier molecular flexibility index (Phi) is 2.55. The molecule has 0 bridgehead atoms. The number of nitrogens with zero attached hydrogens (tertiary/aromatic N) is 3.